The van der Waals surface area contributed by atoms with Crippen molar-refractivity contribution in [2.45, 2.75) is 6.92 Å². The molecule has 0 spiro atoms. The smallest absolute Gasteiger partial charge is 0.0168 e. The van der Waals surface area contributed by atoms with E-state index in [-0.39, 0.29) is 0 Å². The maximum Gasteiger partial charge on any atom is 0.0168 e. The van der Waals surface area contributed by atoms with Gasteiger partial charge in [0.15, 0.2) is 0 Å². The van der Waals surface area contributed by atoms with Gasteiger partial charge >= 0.3 is 0 Å². The van der Waals surface area contributed by atoms with Crippen LogP contribution in [0.1, 0.15) is 6.92 Å². The summed E-state index contributed by atoms with van der Waals surface area (Å²) in [5.74, 6) is 2.55. The average Bonchev–Trinajstić information content (AvgIpc) is 1.83. The molecule has 0 saturated heterocycles. The highest BCUT2D eigenvalue weighted by atomic mass is 15.0. The van der Waals surface area contributed by atoms with Gasteiger partial charge in [0.1, 0.15) is 0 Å². The molecule has 0 saturated carbocycles. The van der Waals surface area contributed by atoms with Crippen LogP contribution in [0.5, 0.6) is 0 Å². The molecule has 0 heterocycles. The van der Waals surface area contributed by atoms with Gasteiger partial charge in [0, 0.05) is 6.54 Å². The van der Waals surface area contributed by atoms with Gasteiger partial charge in [-0.25, -0.2) is 0 Å². The maximum atomic E-state index is 5.12. The Kier molecular flexibility index (Phi) is 3.83. The highest BCUT2D eigenvalue weighted by Crippen LogP contribution is 1.87. The molecule has 0 unspecified atom stereocenters. The second-order valence-electron chi connectivity index (χ2n) is 2.29. The minimum Gasteiger partial charge on any atom is -0.306 e. The summed E-state index contributed by atoms with van der Waals surface area (Å²) >= 11 is 0. The van der Waals surface area contributed by atoms with Crippen LogP contribution in [0.2, 0.25) is 0 Å². The van der Waals surface area contributed by atoms with E-state index in [4.69, 9.17) is 6.42 Å². The van der Waals surface area contributed by atoms with E-state index in [1.165, 1.54) is 0 Å². The van der Waals surface area contributed by atoms with Crippen molar-refractivity contribution in [2.75, 3.05) is 20.6 Å². The predicted octanol–water partition coefficient (Wildman–Crippen LogP) is 1.13. The molecule has 0 fully saturated rings. The van der Waals surface area contributed by atoms with E-state index >= 15 is 0 Å². The second-order valence-corrected chi connectivity index (χ2v) is 2.29. The van der Waals surface area contributed by atoms with Gasteiger partial charge < -0.3 is 4.90 Å². The number of likely N-dealkylation sites (N-methyl/N-ethyl adjacent to an activating group) is 1. The van der Waals surface area contributed by atoms with E-state index in [9.17, 15) is 0 Å². The Labute approximate surface area is 57.4 Å². The van der Waals surface area contributed by atoms with Gasteiger partial charge in [-0.1, -0.05) is 12.0 Å². The second kappa shape index (κ2) is 4.17. The van der Waals surface area contributed by atoms with Crippen LogP contribution in [0, 0.1) is 12.3 Å². The molecule has 0 aliphatic heterocycles. The molecule has 0 aliphatic rings. The molecule has 0 radical (unpaired) electrons. The Morgan fingerprint density at radius 2 is 2.22 bits per heavy atom. The molecular weight excluding hydrogens is 110 g/mol. The zero-order valence-corrected chi connectivity index (χ0v) is 6.31. The van der Waals surface area contributed by atoms with Crippen molar-refractivity contribution in [1.29, 1.82) is 0 Å². The molecule has 0 bridgehead atoms. The first-order valence-corrected chi connectivity index (χ1v) is 2.95. The van der Waals surface area contributed by atoms with Crippen molar-refractivity contribution in [3.8, 4) is 12.3 Å². The summed E-state index contributed by atoms with van der Waals surface area (Å²) in [5, 5.41) is 0. The van der Waals surface area contributed by atoms with Crippen LogP contribution in [-0.2, 0) is 0 Å². The van der Waals surface area contributed by atoms with Gasteiger partial charge in [-0.3, -0.25) is 0 Å². The van der Waals surface area contributed by atoms with Crippen LogP contribution in [-0.4, -0.2) is 25.5 Å². The number of rotatable bonds is 2. The lowest BCUT2D eigenvalue weighted by atomic mass is 10.3. The summed E-state index contributed by atoms with van der Waals surface area (Å²) in [6.07, 6.45) is 7.15. The first-order chi connectivity index (χ1) is 4.16. The predicted molar refractivity (Wildman–Crippen MR) is 41.1 cm³/mol. The van der Waals surface area contributed by atoms with E-state index in [1.807, 2.05) is 27.1 Å². The Balaban J connectivity index is 3.60. The fraction of sp³-hybridized carbons (Fsp3) is 0.500. The zero-order chi connectivity index (χ0) is 7.28. The van der Waals surface area contributed by atoms with Gasteiger partial charge in [-0.15, -0.1) is 6.42 Å². The molecule has 0 atom stereocenters. The van der Waals surface area contributed by atoms with E-state index < -0.39 is 0 Å². The van der Waals surface area contributed by atoms with E-state index in [0.717, 1.165) is 12.1 Å². The highest BCUT2D eigenvalue weighted by Gasteiger charge is 1.83. The van der Waals surface area contributed by atoms with Crippen LogP contribution in [0.4, 0.5) is 0 Å². The van der Waals surface area contributed by atoms with Crippen LogP contribution in [0.15, 0.2) is 11.6 Å². The molecule has 0 aliphatic carbocycles. The van der Waals surface area contributed by atoms with Crippen molar-refractivity contribution in [3.05, 3.63) is 11.6 Å². The van der Waals surface area contributed by atoms with E-state index in [1.54, 1.807) is 0 Å². The zero-order valence-electron chi connectivity index (χ0n) is 6.31. The number of nitrogens with zero attached hydrogens (tertiary/aromatic N) is 1. The number of terminal acetylenes is 1. The lowest BCUT2D eigenvalue weighted by Crippen LogP contribution is -2.10. The summed E-state index contributed by atoms with van der Waals surface area (Å²) in [6.45, 7) is 2.86. The van der Waals surface area contributed by atoms with E-state index in [0.29, 0.717) is 0 Å². The summed E-state index contributed by atoms with van der Waals surface area (Å²) in [5.41, 5.74) is 1.00. The van der Waals surface area contributed by atoms with Crippen molar-refractivity contribution >= 4 is 0 Å². The van der Waals surface area contributed by atoms with Gasteiger partial charge in [0.2, 0.25) is 0 Å². The monoisotopic (exact) mass is 123 g/mol. The SMILES string of the molecule is C#C/C(C)=C\CN(C)C. The molecule has 9 heavy (non-hydrogen) atoms. The highest BCUT2D eigenvalue weighted by molar-refractivity contribution is 5.22. The molecule has 0 aromatic carbocycles. The van der Waals surface area contributed by atoms with Crippen LogP contribution in [0.3, 0.4) is 0 Å². The fourth-order valence-electron chi connectivity index (χ4n) is 0.378. The third kappa shape index (κ3) is 5.13. The van der Waals surface area contributed by atoms with Crippen molar-refractivity contribution in [3.63, 3.8) is 0 Å². The van der Waals surface area contributed by atoms with Crippen LogP contribution in [0.25, 0.3) is 0 Å². The molecule has 0 aromatic heterocycles. The molecule has 1 nitrogen and oxygen atoms in total. The quantitative estimate of drug-likeness (QED) is 0.497. The van der Waals surface area contributed by atoms with Crippen molar-refractivity contribution < 1.29 is 0 Å². The molecule has 0 amide bonds. The van der Waals surface area contributed by atoms with Gasteiger partial charge in [0.25, 0.3) is 0 Å². The number of hydrogen-bond donors (Lipinski definition) is 0. The molecular formula is C8H13N. The summed E-state index contributed by atoms with van der Waals surface area (Å²) in [7, 11) is 4.03. The average molecular weight is 123 g/mol. The summed E-state index contributed by atoms with van der Waals surface area (Å²) in [4.78, 5) is 2.07. The van der Waals surface area contributed by atoms with Gasteiger partial charge in [0.05, 0.1) is 0 Å². The minimum absolute atomic E-state index is 0.927. The minimum atomic E-state index is 0.927. The van der Waals surface area contributed by atoms with Crippen LogP contribution >= 0.6 is 0 Å². The van der Waals surface area contributed by atoms with Gasteiger partial charge in [-0.05, 0) is 26.6 Å². The standard InChI is InChI=1S/C8H13N/c1-5-8(2)6-7-9(3)4/h1,6H,7H2,2-4H3/b8-6-. The third-order valence-electron chi connectivity index (χ3n) is 0.990. The molecule has 0 rings (SSSR count). The number of hydrogen-bond acceptors (Lipinski definition) is 1. The summed E-state index contributed by atoms with van der Waals surface area (Å²) in [6, 6.07) is 0. The molecule has 0 aromatic rings. The Morgan fingerprint density at radius 1 is 1.67 bits per heavy atom. The van der Waals surface area contributed by atoms with Crippen molar-refractivity contribution in [1.82, 2.24) is 4.90 Å². The van der Waals surface area contributed by atoms with E-state index in [2.05, 4.69) is 10.8 Å². The molecule has 1 heteroatoms. The normalized spacial score (nSPS) is 11.7. The number of allylic oxidation sites excluding steroid dienone is 1. The largest absolute Gasteiger partial charge is 0.306 e. The fourth-order valence-corrected chi connectivity index (χ4v) is 0.378. The molecule has 50 valence electrons. The maximum absolute atomic E-state index is 5.12. The van der Waals surface area contributed by atoms with Crippen molar-refractivity contribution in [2.24, 2.45) is 0 Å². The van der Waals surface area contributed by atoms with Gasteiger partial charge in [-0.2, -0.15) is 0 Å². The third-order valence-corrected chi connectivity index (χ3v) is 0.990. The Hall–Kier alpha value is -0.740. The topological polar surface area (TPSA) is 3.24 Å². The molecule has 0 N–H and O–H groups in total. The Morgan fingerprint density at radius 3 is 2.56 bits per heavy atom. The first kappa shape index (κ1) is 8.26. The Bertz CT molecular complexity index is 137. The lowest BCUT2D eigenvalue weighted by Gasteiger charge is -2.03. The van der Waals surface area contributed by atoms with Crippen LogP contribution < -0.4 is 0 Å². The first-order valence-electron chi connectivity index (χ1n) is 2.95. The summed E-state index contributed by atoms with van der Waals surface area (Å²) < 4.78 is 0. The lowest BCUT2D eigenvalue weighted by molar-refractivity contribution is 0.456.